The number of rotatable bonds is 3. The van der Waals surface area contributed by atoms with E-state index >= 15 is 0 Å². The molecule has 1 aliphatic heterocycles. The van der Waals surface area contributed by atoms with Crippen molar-refractivity contribution >= 4 is 28.8 Å². The third-order valence-corrected chi connectivity index (χ3v) is 3.55. The Labute approximate surface area is 122 Å². The van der Waals surface area contributed by atoms with Gasteiger partial charge in [-0.15, -0.1) is 0 Å². The highest BCUT2D eigenvalue weighted by atomic mass is 32.1. The lowest BCUT2D eigenvalue weighted by atomic mass is 9.85. The quantitative estimate of drug-likeness (QED) is 0.834. The fourth-order valence-electron chi connectivity index (χ4n) is 2.41. The number of aromatic hydroxyl groups is 1. The van der Waals surface area contributed by atoms with Gasteiger partial charge in [0.1, 0.15) is 5.78 Å². The van der Waals surface area contributed by atoms with Gasteiger partial charge >= 0.3 is 0 Å². The summed E-state index contributed by atoms with van der Waals surface area (Å²) in [6.45, 7) is 3.33. The summed E-state index contributed by atoms with van der Waals surface area (Å²) in [5, 5.41) is 13.1. The van der Waals surface area contributed by atoms with E-state index in [1.807, 2.05) is 0 Å². The second kappa shape index (κ2) is 5.58. The number of thiocarbonyl (C=S) groups is 1. The zero-order valence-corrected chi connectivity index (χ0v) is 12.3. The predicted octanol–water partition coefficient (Wildman–Crippen LogP) is 2.00. The van der Waals surface area contributed by atoms with Gasteiger partial charge in [-0.05, 0) is 43.8 Å². The molecule has 5 nitrogen and oxygen atoms in total. The molecule has 0 saturated carbocycles. The molecule has 0 aliphatic carbocycles. The summed E-state index contributed by atoms with van der Waals surface area (Å²) < 4.78 is 5.10. The number of methoxy groups -OCH3 is 1. The lowest BCUT2D eigenvalue weighted by molar-refractivity contribution is -0.119. The molecule has 0 spiro atoms. The first-order valence-electron chi connectivity index (χ1n) is 6.17. The summed E-state index contributed by atoms with van der Waals surface area (Å²) in [6, 6.07) is 4.68. The summed E-state index contributed by atoms with van der Waals surface area (Å²) in [7, 11) is 1.48. The lowest BCUT2D eigenvalue weighted by Crippen LogP contribution is -2.42. The van der Waals surface area contributed by atoms with Crippen LogP contribution in [-0.4, -0.2) is 28.8 Å². The van der Waals surface area contributed by atoms with E-state index in [9.17, 15) is 9.90 Å². The first-order chi connectivity index (χ1) is 9.43. The smallest absolute Gasteiger partial charge is 0.193 e. The number of nitrogens with one attached hydrogen (secondary N) is 1. The Morgan fingerprint density at radius 3 is 2.80 bits per heavy atom. The Morgan fingerprint density at radius 1 is 1.50 bits per heavy atom. The summed E-state index contributed by atoms with van der Waals surface area (Å²) >= 11 is 5.10. The molecule has 20 heavy (non-hydrogen) atoms. The van der Waals surface area contributed by atoms with Crippen molar-refractivity contribution in [2.24, 2.45) is 10.9 Å². The number of benzene rings is 1. The minimum atomic E-state index is -0.379. The molecular weight excluding hydrogens is 276 g/mol. The van der Waals surface area contributed by atoms with Gasteiger partial charge in [-0.2, -0.15) is 0 Å². The summed E-state index contributed by atoms with van der Waals surface area (Å²) in [5.41, 5.74) is 1.51. The number of ketones is 1. The standard InChI is InChI=1S/C14H16N2O3S/c1-7-12(8(2)17)13(16-14(20)15-7)9-4-5-10(18)11(6-9)19-3/h4-6,12-13,18H,1-3H3,(H,16,20). The number of nitrogens with zero attached hydrogens (tertiary/aromatic N) is 1. The number of phenolic OH excluding ortho intramolecular Hbond substituents is 1. The van der Waals surface area contributed by atoms with Gasteiger partial charge in [-0.25, -0.2) is 4.99 Å². The van der Waals surface area contributed by atoms with E-state index in [2.05, 4.69) is 10.3 Å². The molecule has 1 aromatic rings. The van der Waals surface area contributed by atoms with Gasteiger partial charge in [-0.1, -0.05) is 6.07 Å². The number of hydrogen-bond acceptors (Lipinski definition) is 4. The number of phenols is 1. The monoisotopic (exact) mass is 292 g/mol. The van der Waals surface area contributed by atoms with Gasteiger partial charge < -0.3 is 15.2 Å². The molecule has 6 heteroatoms. The molecule has 0 aromatic heterocycles. The van der Waals surface area contributed by atoms with Crippen LogP contribution >= 0.6 is 12.2 Å². The first kappa shape index (κ1) is 14.5. The largest absolute Gasteiger partial charge is 0.504 e. The van der Waals surface area contributed by atoms with E-state index in [0.717, 1.165) is 5.56 Å². The Hall–Kier alpha value is -1.95. The van der Waals surface area contributed by atoms with Crippen LogP contribution < -0.4 is 10.1 Å². The van der Waals surface area contributed by atoms with E-state index in [4.69, 9.17) is 17.0 Å². The van der Waals surface area contributed by atoms with Gasteiger partial charge in [0.2, 0.25) is 0 Å². The van der Waals surface area contributed by atoms with Crippen molar-refractivity contribution in [1.82, 2.24) is 5.32 Å². The van der Waals surface area contributed by atoms with E-state index < -0.39 is 0 Å². The first-order valence-corrected chi connectivity index (χ1v) is 6.58. The van der Waals surface area contributed by atoms with Crippen LogP contribution in [0, 0.1) is 5.92 Å². The molecule has 1 aromatic carbocycles. The molecule has 0 fully saturated rings. The van der Waals surface area contributed by atoms with Crippen molar-refractivity contribution in [2.45, 2.75) is 19.9 Å². The Balaban J connectivity index is 2.46. The van der Waals surface area contributed by atoms with Gasteiger partial charge in [0.15, 0.2) is 16.6 Å². The SMILES string of the molecule is COc1cc(C2NC(=S)N=C(C)C2C(C)=O)ccc1O. The molecule has 1 heterocycles. The fraction of sp³-hybridized carbons (Fsp3) is 0.357. The second-order valence-corrected chi connectivity index (χ2v) is 5.09. The number of aliphatic imine (C=N–C) groups is 1. The van der Waals surface area contributed by atoms with Crippen LogP contribution in [0.3, 0.4) is 0 Å². The predicted molar refractivity (Wildman–Crippen MR) is 80.4 cm³/mol. The summed E-state index contributed by atoms with van der Waals surface area (Å²) in [6.07, 6.45) is 0. The van der Waals surface area contributed by atoms with Crippen LogP contribution in [0.15, 0.2) is 23.2 Å². The molecule has 0 amide bonds. The number of hydrogen-bond donors (Lipinski definition) is 2. The zero-order chi connectivity index (χ0) is 14.9. The maximum absolute atomic E-state index is 11.9. The third kappa shape index (κ3) is 2.65. The number of carbonyl (C=O) groups is 1. The highest BCUT2D eigenvalue weighted by molar-refractivity contribution is 7.80. The Bertz CT molecular complexity index is 598. The molecule has 0 bridgehead atoms. The number of ether oxygens (including phenoxy) is 1. The fourth-order valence-corrected chi connectivity index (χ4v) is 2.68. The molecule has 2 N–H and O–H groups in total. The van der Waals surface area contributed by atoms with Crippen molar-refractivity contribution in [3.63, 3.8) is 0 Å². The molecule has 0 radical (unpaired) electrons. The van der Waals surface area contributed by atoms with Crippen LogP contribution in [0.4, 0.5) is 0 Å². The van der Waals surface area contributed by atoms with Crippen molar-refractivity contribution in [1.29, 1.82) is 0 Å². The van der Waals surface area contributed by atoms with Gasteiger partial charge in [-0.3, -0.25) is 4.79 Å². The van der Waals surface area contributed by atoms with Gasteiger partial charge in [0.25, 0.3) is 0 Å². The topological polar surface area (TPSA) is 70.9 Å². The van der Waals surface area contributed by atoms with Crippen LogP contribution in [0.1, 0.15) is 25.5 Å². The van der Waals surface area contributed by atoms with E-state index in [-0.39, 0.29) is 23.5 Å². The molecule has 2 atom stereocenters. The van der Waals surface area contributed by atoms with E-state index in [1.165, 1.54) is 20.1 Å². The molecule has 1 aliphatic rings. The minimum Gasteiger partial charge on any atom is -0.504 e. The van der Waals surface area contributed by atoms with Crippen molar-refractivity contribution < 1.29 is 14.6 Å². The number of Topliss-reactive ketones (excluding diaryl/α,β-unsaturated/α-hetero) is 1. The molecule has 2 rings (SSSR count). The van der Waals surface area contributed by atoms with Crippen molar-refractivity contribution in [2.75, 3.05) is 7.11 Å². The maximum Gasteiger partial charge on any atom is 0.193 e. The second-order valence-electron chi connectivity index (χ2n) is 4.70. The van der Waals surface area contributed by atoms with E-state index in [0.29, 0.717) is 16.6 Å². The van der Waals surface area contributed by atoms with Crippen LogP contribution in [-0.2, 0) is 4.79 Å². The average Bonchev–Trinajstić information content (AvgIpc) is 2.37. The highest BCUT2D eigenvalue weighted by Gasteiger charge is 2.33. The third-order valence-electron chi connectivity index (χ3n) is 3.34. The summed E-state index contributed by atoms with van der Waals surface area (Å²) in [5.74, 6) is 0.0475. The molecule has 2 unspecified atom stereocenters. The zero-order valence-electron chi connectivity index (χ0n) is 11.5. The molecular formula is C14H16N2O3S. The summed E-state index contributed by atoms with van der Waals surface area (Å²) in [4.78, 5) is 16.0. The van der Waals surface area contributed by atoms with Crippen molar-refractivity contribution in [3.8, 4) is 11.5 Å². The molecule has 0 saturated heterocycles. The lowest BCUT2D eigenvalue weighted by Gasteiger charge is -2.31. The highest BCUT2D eigenvalue weighted by Crippen LogP contribution is 2.33. The van der Waals surface area contributed by atoms with Gasteiger partial charge in [0.05, 0.1) is 19.1 Å². The number of carbonyl (C=O) groups excluding carboxylic acids is 1. The Morgan fingerprint density at radius 2 is 2.20 bits per heavy atom. The van der Waals surface area contributed by atoms with Gasteiger partial charge in [0, 0.05) is 5.71 Å². The van der Waals surface area contributed by atoms with Crippen LogP contribution in [0.2, 0.25) is 0 Å². The minimum absolute atomic E-state index is 0.0123. The molecule has 106 valence electrons. The van der Waals surface area contributed by atoms with Crippen molar-refractivity contribution in [3.05, 3.63) is 23.8 Å². The van der Waals surface area contributed by atoms with Crippen LogP contribution in [0.5, 0.6) is 11.5 Å². The Kier molecular flexibility index (Phi) is 4.04. The van der Waals surface area contributed by atoms with E-state index in [1.54, 1.807) is 19.1 Å². The normalized spacial score (nSPS) is 21.9. The van der Waals surface area contributed by atoms with Crippen LogP contribution in [0.25, 0.3) is 0 Å². The maximum atomic E-state index is 11.9. The average molecular weight is 292 g/mol.